The van der Waals surface area contributed by atoms with E-state index in [0.717, 1.165) is 16.9 Å². The average molecular weight is 272 g/mol. The van der Waals surface area contributed by atoms with Crippen molar-refractivity contribution < 1.29 is 10.2 Å². The Morgan fingerprint density at radius 1 is 1.15 bits per heavy atom. The Morgan fingerprint density at radius 2 is 1.90 bits per heavy atom. The van der Waals surface area contributed by atoms with Crippen molar-refractivity contribution in [1.29, 1.82) is 0 Å². The molecule has 0 saturated heterocycles. The first-order valence-electron chi connectivity index (χ1n) is 6.75. The zero-order valence-electron chi connectivity index (χ0n) is 11.6. The molecule has 1 atom stereocenters. The van der Waals surface area contributed by atoms with Gasteiger partial charge in [0.15, 0.2) is 0 Å². The molecule has 2 aromatic rings. The van der Waals surface area contributed by atoms with Gasteiger partial charge in [0.1, 0.15) is 5.82 Å². The molecule has 0 bridgehead atoms. The molecule has 0 saturated carbocycles. The first-order valence-corrected chi connectivity index (χ1v) is 6.75. The zero-order valence-corrected chi connectivity index (χ0v) is 11.6. The predicted molar refractivity (Wildman–Crippen MR) is 79.4 cm³/mol. The van der Waals surface area contributed by atoms with Crippen molar-refractivity contribution in [3.05, 3.63) is 59.8 Å². The fourth-order valence-electron chi connectivity index (χ4n) is 2.18. The Balaban J connectivity index is 2.29. The summed E-state index contributed by atoms with van der Waals surface area (Å²) in [5.41, 5.74) is 1.92. The summed E-state index contributed by atoms with van der Waals surface area (Å²) < 4.78 is 0. The molecule has 0 radical (unpaired) electrons. The third-order valence-electron chi connectivity index (χ3n) is 3.15. The molecular formula is C16H20N2O2. The molecule has 2 rings (SSSR count). The van der Waals surface area contributed by atoms with Gasteiger partial charge < -0.3 is 15.1 Å². The Morgan fingerprint density at radius 3 is 2.55 bits per heavy atom. The van der Waals surface area contributed by atoms with Gasteiger partial charge in [-0.3, -0.25) is 0 Å². The fraction of sp³-hybridized carbons (Fsp3) is 0.312. The van der Waals surface area contributed by atoms with E-state index in [2.05, 4.69) is 4.98 Å². The van der Waals surface area contributed by atoms with Crippen LogP contribution < -0.4 is 4.90 Å². The Bertz CT molecular complexity index is 529. The number of aliphatic hydroxyl groups is 2. The lowest BCUT2D eigenvalue weighted by molar-refractivity contribution is 0.199. The molecule has 2 N–H and O–H groups in total. The van der Waals surface area contributed by atoms with E-state index in [9.17, 15) is 10.2 Å². The van der Waals surface area contributed by atoms with Crippen LogP contribution in [0.2, 0.25) is 0 Å². The van der Waals surface area contributed by atoms with Gasteiger partial charge in [-0.2, -0.15) is 0 Å². The predicted octanol–water partition coefficient (Wildman–Crippen LogP) is 2.13. The lowest BCUT2D eigenvalue weighted by Crippen LogP contribution is -2.28. The number of rotatable bonds is 6. The number of anilines is 1. The molecule has 0 aliphatic heterocycles. The van der Waals surface area contributed by atoms with Gasteiger partial charge in [0.05, 0.1) is 12.7 Å². The van der Waals surface area contributed by atoms with Crippen LogP contribution in [0, 0.1) is 0 Å². The first-order chi connectivity index (χ1) is 9.72. The van der Waals surface area contributed by atoms with Crippen LogP contribution in [0.5, 0.6) is 0 Å². The second kappa shape index (κ2) is 7.03. The van der Waals surface area contributed by atoms with Crippen LogP contribution in [-0.2, 0) is 6.54 Å². The van der Waals surface area contributed by atoms with Crippen LogP contribution in [-0.4, -0.2) is 28.3 Å². The maximum absolute atomic E-state index is 9.86. The monoisotopic (exact) mass is 272 g/mol. The molecule has 1 heterocycles. The molecule has 0 aliphatic carbocycles. The summed E-state index contributed by atoms with van der Waals surface area (Å²) >= 11 is 0. The lowest BCUT2D eigenvalue weighted by atomic mass is 10.1. The minimum absolute atomic E-state index is 0.0443. The second-order valence-electron chi connectivity index (χ2n) is 4.72. The van der Waals surface area contributed by atoms with Crippen molar-refractivity contribution >= 4 is 5.82 Å². The molecule has 0 fully saturated rings. The highest BCUT2D eigenvalue weighted by Crippen LogP contribution is 2.24. The van der Waals surface area contributed by atoms with Crippen LogP contribution in [0.1, 0.15) is 24.2 Å². The smallest absolute Gasteiger partial charge is 0.134 e. The van der Waals surface area contributed by atoms with E-state index < -0.39 is 6.10 Å². The molecule has 4 heteroatoms. The third-order valence-corrected chi connectivity index (χ3v) is 3.15. The average Bonchev–Trinajstić information content (AvgIpc) is 2.48. The molecule has 20 heavy (non-hydrogen) atoms. The van der Waals surface area contributed by atoms with Crippen molar-refractivity contribution in [3.8, 4) is 0 Å². The summed E-state index contributed by atoms with van der Waals surface area (Å²) in [4.78, 5) is 6.35. The molecule has 1 aromatic heterocycles. The number of aliphatic hydroxyl groups excluding tert-OH is 2. The molecule has 106 valence electrons. The molecule has 4 nitrogen and oxygen atoms in total. The first kappa shape index (κ1) is 14.5. The zero-order chi connectivity index (χ0) is 14.4. The number of aromatic nitrogens is 1. The summed E-state index contributed by atoms with van der Waals surface area (Å²) in [6.45, 7) is 2.90. The number of pyridine rings is 1. The van der Waals surface area contributed by atoms with Crippen LogP contribution in [0.25, 0.3) is 0 Å². The van der Waals surface area contributed by atoms with E-state index >= 15 is 0 Å². The van der Waals surface area contributed by atoms with E-state index in [1.54, 1.807) is 13.1 Å². The summed E-state index contributed by atoms with van der Waals surface area (Å²) in [7, 11) is 0. The fourth-order valence-corrected chi connectivity index (χ4v) is 2.18. The van der Waals surface area contributed by atoms with Gasteiger partial charge in [0.25, 0.3) is 0 Å². The van der Waals surface area contributed by atoms with Crippen LogP contribution in [0.4, 0.5) is 5.82 Å². The van der Waals surface area contributed by atoms with Crippen LogP contribution in [0.15, 0.2) is 48.7 Å². The van der Waals surface area contributed by atoms with Gasteiger partial charge in [0, 0.05) is 24.8 Å². The van der Waals surface area contributed by atoms with E-state index in [4.69, 9.17) is 0 Å². The van der Waals surface area contributed by atoms with Crippen molar-refractivity contribution in [2.45, 2.75) is 19.6 Å². The number of hydrogen-bond donors (Lipinski definition) is 2. The highest BCUT2D eigenvalue weighted by molar-refractivity contribution is 5.48. The van der Waals surface area contributed by atoms with E-state index in [1.807, 2.05) is 47.4 Å². The quantitative estimate of drug-likeness (QED) is 0.846. The number of nitrogens with zero attached hydrogens (tertiary/aromatic N) is 2. The van der Waals surface area contributed by atoms with Crippen molar-refractivity contribution in [1.82, 2.24) is 4.98 Å². The molecule has 0 spiro atoms. The molecule has 0 aliphatic rings. The van der Waals surface area contributed by atoms with E-state index in [0.29, 0.717) is 13.1 Å². The molecular weight excluding hydrogens is 252 g/mol. The maximum Gasteiger partial charge on any atom is 0.134 e. The minimum atomic E-state index is -0.587. The van der Waals surface area contributed by atoms with Gasteiger partial charge >= 0.3 is 0 Å². The Kier molecular flexibility index (Phi) is 5.09. The summed E-state index contributed by atoms with van der Waals surface area (Å²) in [6.07, 6.45) is 1.12. The Hall–Kier alpha value is -1.91. The lowest BCUT2D eigenvalue weighted by Gasteiger charge is -2.26. The largest absolute Gasteiger partial charge is 0.395 e. The van der Waals surface area contributed by atoms with Crippen molar-refractivity contribution in [2.24, 2.45) is 0 Å². The standard InChI is InChI=1S/C16H20N2O2/c1-13(20)15-8-5-9-17-16(15)18(10-11-19)12-14-6-3-2-4-7-14/h2-9,13,19-20H,10-12H2,1H3. The van der Waals surface area contributed by atoms with Crippen LogP contribution in [0.3, 0.4) is 0 Å². The van der Waals surface area contributed by atoms with Crippen LogP contribution >= 0.6 is 0 Å². The van der Waals surface area contributed by atoms with Gasteiger partial charge in [-0.15, -0.1) is 0 Å². The van der Waals surface area contributed by atoms with E-state index in [-0.39, 0.29) is 6.61 Å². The third kappa shape index (κ3) is 3.56. The van der Waals surface area contributed by atoms with Crippen molar-refractivity contribution in [2.75, 3.05) is 18.1 Å². The van der Waals surface area contributed by atoms with Gasteiger partial charge in [-0.25, -0.2) is 4.98 Å². The topological polar surface area (TPSA) is 56.6 Å². The van der Waals surface area contributed by atoms with Crippen molar-refractivity contribution in [3.63, 3.8) is 0 Å². The molecule has 1 aromatic carbocycles. The van der Waals surface area contributed by atoms with Gasteiger partial charge in [-0.1, -0.05) is 36.4 Å². The summed E-state index contributed by atoms with van der Waals surface area (Å²) in [6, 6.07) is 13.7. The highest BCUT2D eigenvalue weighted by atomic mass is 16.3. The van der Waals surface area contributed by atoms with Gasteiger partial charge in [-0.05, 0) is 18.6 Å². The summed E-state index contributed by atoms with van der Waals surface area (Å²) in [5.74, 6) is 0.723. The number of benzene rings is 1. The minimum Gasteiger partial charge on any atom is -0.395 e. The SMILES string of the molecule is CC(O)c1cccnc1N(CCO)Cc1ccccc1. The molecule has 1 unspecified atom stereocenters. The Labute approximate surface area is 119 Å². The number of hydrogen-bond acceptors (Lipinski definition) is 4. The van der Waals surface area contributed by atoms with E-state index in [1.165, 1.54) is 0 Å². The molecule has 0 amide bonds. The normalized spacial score (nSPS) is 12.2. The second-order valence-corrected chi connectivity index (χ2v) is 4.72. The maximum atomic E-state index is 9.86. The van der Waals surface area contributed by atoms with Gasteiger partial charge in [0.2, 0.25) is 0 Å². The summed E-state index contributed by atoms with van der Waals surface area (Å²) in [5, 5.41) is 19.1. The highest BCUT2D eigenvalue weighted by Gasteiger charge is 2.15.